The minimum atomic E-state index is -0.534. The summed E-state index contributed by atoms with van der Waals surface area (Å²) in [7, 11) is 1.55. The zero-order valence-corrected chi connectivity index (χ0v) is 15.8. The van der Waals surface area contributed by atoms with Gasteiger partial charge < -0.3 is 14.8 Å². The maximum atomic E-state index is 12.5. The predicted molar refractivity (Wildman–Crippen MR) is 107 cm³/mol. The lowest BCUT2D eigenvalue weighted by atomic mass is 10.1. The molecule has 0 bridgehead atoms. The summed E-state index contributed by atoms with van der Waals surface area (Å²) in [6.45, 7) is 5.74. The Morgan fingerprint density at radius 2 is 2.11 bits per heavy atom. The largest absolute Gasteiger partial charge is 0.497 e. The van der Waals surface area contributed by atoms with E-state index in [2.05, 4.69) is 11.9 Å². The Labute approximate surface area is 163 Å². The Morgan fingerprint density at radius 3 is 2.78 bits per heavy atom. The van der Waals surface area contributed by atoms with E-state index in [9.17, 15) is 10.1 Å². The van der Waals surface area contributed by atoms with Gasteiger partial charge >= 0.3 is 0 Å². The van der Waals surface area contributed by atoms with Crippen molar-refractivity contribution in [3.63, 3.8) is 0 Å². The molecule has 138 valence electrons. The zero-order valence-electron chi connectivity index (χ0n) is 15.1. The summed E-state index contributed by atoms with van der Waals surface area (Å²) in [5.41, 5.74) is 1.89. The minimum absolute atomic E-state index is 0.0667. The molecule has 0 saturated carbocycles. The lowest BCUT2D eigenvalue weighted by Gasteiger charge is -2.11. The molecule has 2 rings (SSSR count). The van der Waals surface area contributed by atoms with Gasteiger partial charge in [0.2, 0.25) is 0 Å². The molecule has 0 unspecified atom stereocenters. The molecule has 0 atom stereocenters. The Morgan fingerprint density at radius 1 is 1.33 bits per heavy atom. The van der Waals surface area contributed by atoms with Gasteiger partial charge in [0.05, 0.1) is 7.11 Å². The molecule has 0 saturated heterocycles. The van der Waals surface area contributed by atoms with Gasteiger partial charge in [0, 0.05) is 22.3 Å². The molecule has 0 aromatic heterocycles. The van der Waals surface area contributed by atoms with Crippen molar-refractivity contribution in [3.8, 4) is 17.6 Å². The number of methoxy groups -OCH3 is 1. The van der Waals surface area contributed by atoms with Gasteiger partial charge in [-0.15, -0.1) is 0 Å². The van der Waals surface area contributed by atoms with Crippen molar-refractivity contribution in [3.05, 3.63) is 70.8 Å². The quantitative estimate of drug-likeness (QED) is 0.425. The molecule has 0 aliphatic heterocycles. The number of nitrogens with zero attached hydrogens (tertiary/aromatic N) is 1. The van der Waals surface area contributed by atoms with E-state index in [4.69, 9.17) is 21.1 Å². The average molecular weight is 383 g/mol. The molecular weight excluding hydrogens is 364 g/mol. The summed E-state index contributed by atoms with van der Waals surface area (Å²) in [5.74, 6) is 0.547. The van der Waals surface area contributed by atoms with Gasteiger partial charge in [-0.3, -0.25) is 4.79 Å². The molecule has 0 radical (unpaired) electrons. The SMILES string of the molecule is C=CCOc1cc(OC)ccc1/C=C(\C#N)C(=O)Nc1cc(Cl)ccc1C. The molecule has 0 aliphatic rings. The monoisotopic (exact) mass is 382 g/mol. The Kier molecular flexibility index (Phi) is 7.04. The van der Waals surface area contributed by atoms with Gasteiger partial charge in [0.1, 0.15) is 29.7 Å². The van der Waals surface area contributed by atoms with Gasteiger partial charge in [0.15, 0.2) is 0 Å². The van der Waals surface area contributed by atoms with Crippen LogP contribution in [0.25, 0.3) is 6.08 Å². The van der Waals surface area contributed by atoms with Crippen LogP contribution in [0.1, 0.15) is 11.1 Å². The number of benzene rings is 2. The fourth-order valence-electron chi connectivity index (χ4n) is 2.26. The molecule has 0 spiro atoms. The minimum Gasteiger partial charge on any atom is -0.497 e. The van der Waals surface area contributed by atoms with Crippen LogP contribution in [0.15, 0.2) is 54.6 Å². The van der Waals surface area contributed by atoms with Crippen molar-refractivity contribution < 1.29 is 14.3 Å². The van der Waals surface area contributed by atoms with E-state index in [0.717, 1.165) is 5.56 Å². The number of nitriles is 1. The first-order valence-electron chi connectivity index (χ1n) is 8.09. The number of hydrogen-bond acceptors (Lipinski definition) is 4. The van der Waals surface area contributed by atoms with E-state index in [1.54, 1.807) is 49.6 Å². The standard InChI is InChI=1S/C21H19ClN2O3/c1-4-9-27-20-12-18(26-3)8-6-15(20)10-16(13-23)21(25)24-19-11-17(22)7-5-14(19)2/h4-8,10-12H,1,9H2,2-3H3,(H,24,25)/b16-10+. The van der Waals surface area contributed by atoms with Crippen molar-refractivity contribution in [2.75, 3.05) is 19.0 Å². The summed E-state index contributed by atoms with van der Waals surface area (Å²) in [6.07, 6.45) is 3.07. The lowest BCUT2D eigenvalue weighted by molar-refractivity contribution is -0.112. The Balaban J connectivity index is 2.34. The third-order valence-electron chi connectivity index (χ3n) is 3.69. The number of carbonyl (C=O) groups excluding carboxylic acids is 1. The summed E-state index contributed by atoms with van der Waals surface area (Å²) < 4.78 is 10.8. The summed E-state index contributed by atoms with van der Waals surface area (Å²) >= 11 is 5.97. The van der Waals surface area contributed by atoms with Crippen molar-refractivity contribution in [1.82, 2.24) is 0 Å². The second-order valence-electron chi connectivity index (χ2n) is 5.59. The van der Waals surface area contributed by atoms with E-state index < -0.39 is 5.91 Å². The Bertz CT molecular complexity index is 930. The van der Waals surface area contributed by atoms with Crippen LogP contribution in [-0.2, 0) is 4.79 Å². The molecule has 2 aromatic carbocycles. The van der Waals surface area contributed by atoms with E-state index in [-0.39, 0.29) is 12.2 Å². The molecule has 1 amide bonds. The first-order chi connectivity index (χ1) is 13.0. The number of carbonyl (C=O) groups is 1. The zero-order chi connectivity index (χ0) is 19.8. The third kappa shape index (κ3) is 5.37. The van der Waals surface area contributed by atoms with E-state index >= 15 is 0 Å². The van der Waals surface area contributed by atoms with E-state index in [0.29, 0.717) is 27.8 Å². The van der Waals surface area contributed by atoms with Crippen LogP contribution < -0.4 is 14.8 Å². The number of amides is 1. The molecule has 0 heterocycles. The lowest BCUT2D eigenvalue weighted by Crippen LogP contribution is -2.14. The highest BCUT2D eigenvalue weighted by molar-refractivity contribution is 6.31. The van der Waals surface area contributed by atoms with Gasteiger partial charge in [-0.1, -0.05) is 30.3 Å². The van der Waals surface area contributed by atoms with Crippen LogP contribution in [0.2, 0.25) is 5.02 Å². The molecular formula is C21H19ClN2O3. The fraction of sp³-hybridized carbons (Fsp3) is 0.143. The van der Waals surface area contributed by atoms with Crippen LogP contribution in [0.5, 0.6) is 11.5 Å². The van der Waals surface area contributed by atoms with Crippen LogP contribution in [0, 0.1) is 18.3 Å². The van der Waals surface area contributed by atoms with Gasteiger partial charge in [-0.25, -0.2) is 0 Å². The second-order valence-corrected chi connectivity index (χ2v) is 6.02. The number of nitrogens with one attached hydrogen (secondary N) is 1. The van der Waals surface area contributed by atoms with Gasteiger partial charge in [-0.2, -0.15) is 5.26 Å². The number of halogens is 1. The molecule has 6 heteroatoms. The van der Waals surface area contributed by atoms with Crippen LogP contribution in [-0.4, -0.2) is 19.6 Å². The van der Waals surface area contributed by atoms with Gasteiger partial charge in [0.25, 0.3) is 5.91 Å². The maximum Gasteiger partial charge on any atom is 0.266 e. The fourth-order valence-corrected chi connectivity index (χ4v) is 2.43. The van der Waals surface area contributed by atoms with Crippen molar-refractivity contribution in [1.29, 1.82) is 5.26 Å². The summed E-state index contributed by atoms with van der Waals surface area (Å²) in [5, 5.41) is 12.6. The van der Waals surface area contributed by atoms with Crippen LogP contribution in [0.3, 0.4) is 0 Å². The molecule has 1 N–H and O–H groups in total. The van der Waals surface area contributed by atoms with Crippen molar-refractivity contribution in [2.24, 2.45) is 0 Å². The Hall–Kier alpha value is -3.23. The molecule has 2 aromatic rings. The van der Waals surface area contributed by atoms with E-state index in [1.807, 2.05) is 13.0 Å². The summed E-state index contributed by atoms with van der Waals surface area (Å²) in [4.78, 5) is 12.5. The second kappa shape index (κ2) is 9.46. The first-order valence-corrected chi connectivity index (χ1v) is 8.47. The number of hydrogen-bond donors (Lipinski definition) is 1. The molecule has 0 aliphatic carbocycles. The number of aryl methyl sites for hydroxylation is 1. The number of rotatable bonds is 7. The topological polar surface area (TPSA) is 71.3 Å². The highest BCUT2D eigenvalue weighted by atomic mass is 35.5. The van der Waals surface area contributed by atoms with Crippen LogP contribution in [0.4, 0.5) is 5.69 Å². The highest BCUT2D eigenvalue weighted by Crippen LogP contribution is 2.27. The van der Waals surface area contributed by atoms with Gasteiger partial charge in [-0.05, 0) is 42.8 Å². The summed E-state index contributed by atoms with van der Waals surface area (Å²) in [6, 6.07) is 12.2. The smallest absolute Gasteiger partial charge is 0.266 e. The average Bonchev–Trinajstić information content (AvgIpc) is 2.67. The maximum absolute atomic E-state index is 12.5. The first kappa shape index (κ1) is 20.1. The molecule has 5 nitrogen and oxygen atoms in total. The number of anilines is 1. The van der Waals surface area contributed by atoms with Crippen LogP contribution >= 0.6 is 11.6 Å². The van der Waals surface area contributed by atoms with E-state index in [1.165, 1.54) is 6.08 Å². The molecule has 0 fully saturated rings. The third-order valence-corrected chi connectivity index (χ3v) is 3.93. The highest BCUT2D eigenvalue weighted by Gasteiger charge is 2.13. The molecule has 27 heavy (non-hydrogen) atoms. The number of ether oxygens (including phenoxy) is 2. The van der Waals surface area contributed by atoms with Crippen molar-refractivity contribution >= 4 is 29.3 Å². The predicted octanol–water partition coefficient (Wildman–Crippen LogP) is 4.77. The van der Waals surface area contributed by atoms with Crippen molar-refractivity contribution in [2.45, 2.75) is 6.92 Å². The normalized spacial score (nSPS) is 10.7.